The molecule has 0 amide bonds. The Morgan fingerprint density at radius 1 is 1.53 bits per heavy atom. The highest BCUT2D eigenvalue weighted by Crippen LogP contribution is 2.41. The summed E-state index contributed by atoms with van der Waals surface area (Å²) in [5.74, 6) is 1.15. The molecule has 1 saturated carbocycles. The predicted molar refractivity (Wildman–Crippen MR) is 56.5 cm³/mol. The molecule has 3 heteroatoms. The molecule has 2 aliphatic rings. The minimum Gasteiger partial charge on any atom is -0.461 e. The van der Waals surface area contributed by atoms with Gasteiger partial charge >= 0.3 is 5.97 Å². The largest absolute Gasteiger partial charge is 0.461 e. The molecule has 1 fully saturated rings. The molecule has 0 radical (unpaired) electrons. The molecule has 2 unspecified atom stereocenters. The molecule has 0 aliphatic heterocycles. The van der Waals surface area contributed by atoms with E-state index in [2.05, 4.69) is 17.1 Å². The zero-order chi connectivity index (χ0) is 10.4. The Balaban J connectivity index is 2.01. The van der Waals surface area contributed by atoms with E-state index in [1.807, 2.05) is 13.0 Å². The minimum absolute atomic E-state index is 0.262. The zero-order valence-corrected chi connectivity index (χ0v) is 8.62. The number of esters is 1. The highest BCUT2D eigenvalue weighted by atomic mass is 16.5. The van der Waals surface area contributed by atoms with Crippen LogP contribution in [0.1, 0.15) is 23.8 Å². The van der Waals surface area contributed by atoms with E-state index >= 15 is 0 Å². The summed E-state index contributed by atoms with van der Waals surface area (Å²) >= 11 is 0. The molecule has 2 aliphatic carbocycles. The van der Waals surface area contributed by atoms with Crippen LogP contribution in [0.3, 0.4) is 0 Å². The fraction of sp³-hybridized carbons (Fsp3) is 0.417. The maximum Gasteiger partial charge on any atom is 0.354 e. The molecule has 78 valence electrons. The lowest BCUT2D eigenvalue weighted by atomic mass is 10.2. The van der Waals surface area contributed by atoms with Crippen LogP contribution in [0.2, 0.25) is 0 Å². The van der Waals surface area contributed by atoms with Gasteiger partial charge in [-0.15, -0.1) is 0 Å². The minimum atomic E-state index is -0.262. The van der Waals surface area contributed by atoms with E-state index < -0.39 is 0 Å². The van der Waals surface area contributed by atoms with Gasteiger partial charge in [-0.1, -0.05) is 12.2 Å². The average Bonchev–Trinajstić information content (AvgIpc) is 2.83. The Kier molecular flexibility index (Phi) is 1.75. The number of aromatic nitrogens is 1. The van der Waals surface area contributed by atoms with Crippen molar-refractivity contribution in [2.45, 2.75) is 13.3 Å². The van der Waals surface area contributed by atoms with Gasteiger partial charge in [0, 0.05) is 5.35 Å². The maximum atomic E-state index is 11.5. The third kappa shape index (κ3) is 1.39. The number of hydrogen-bond acceptors (Lipinski definition) is 2. The number of H-pyrrole nitrogens is 1. The summed E-state index contributed by atoms with van der Waals surface area (Å²) in [6.45, 7) is 2.23. The number of hydrogen-bond donors (Lipinski definition) is 1. The van der Waals surface area contributed by atoms with E-state index in [9.17, 15) is 4.79 Å². The van der Waals surface area contributed by atoms with Crippen molar-refractivity contribution in [3.05, 3.63) is 22.3 Å². The number of carbonyl (C=O) groups is 1. The number of aromatic amines is 1. The molecule has 0 aromatic carbocycles. The first-order valence-corrected chi connectivity index (χ1v) is 5.38. The van der Waals surface area contributed by atoms with E-state index in [1.165, 1.54) is 6.42 Å². The van der Waals surface area contributed by atoms with Gasteiger partial charge in [-0.05, 0) is 36.5 Å². The molecule has 0 saturated heterocycles. The lowest BCUT2D eigenvalue weighted by Gasteiger charge is -1.96. The molecule has 3 nitrogen and oxygen atoms in total. The highest BCUT2D eigenvalue weighted by Gasteiger charge is 2.34. The van der Waals surface area contributed by atoms with E-state index in [-0.39, 0.29) is 5.97 Å². The first kappa shape index (κ1) is 8.77. The van der Waals surface area contributed by atoms with Crippen LogP contribution in [0.4, 0.5) is 0 Å². The molecule has 2 atom stereocenters. The Morgan fingerprint density at radius 2 is 2.33 bits per heavy atom. The fourth-order valence-electron chi connectivity index (χ4n) is 2.14. The van der Waals surface area contributed by atoms with Crippen LogP contribution in [0.25, 0.3) is 12.2 Å². The summed E-state index contributed by atoms with van der Waals surface area (Å²) in [6.07, 6.45) is 5.74. The summed E-state index contributed by atoms with van der Waals surface area (Å²) < 4.78 is 4.95. The third-order valence-corrected chi connectivity index (χ3v) is 3.04. The number of nitrogens with one attached hydrogen (secondary N) is 1. The first-order chi connectivity index (χ1) is 7.28. The molecule has 15 heavy (non-hydrogen) atoms. The van der Waals surface area contributed by atoms with Gasteiger partial charge in [-0.3, -0.25) is 0 Å². The van der Waals surface area contributed by atoms with Crippen molar-refractivity contribution >= 4 is 18.1 Å². The lowest BCUT2D eigenvalue weighted by Crippen LogP contribution is -2.24. The molecule has 3 rings (SSSR count). The normalized spacial score (nSPS) is 25.7. The Labute approximate surface area is 87.4 Å². The Hall–Kier alpha value is -1.51. The summed E-state index contributed by atoms with van der Waals surface area (Å²) in [7, 11) is 0. The van der Waals surface area contributed by atoms with Gasteiger partial charge < -0.3 is 9.72 Å². The van der Waals surface area contributed by atoms with Crippen LogP contribution in [0, 0.1) is 11.8 Å². The van der Waals surface area contributed by atoms with Gasteiger partial charge in [0.1, 0.15) is 5.69 Å². The topological polar surface area (TPSA) is 42.1 Å². The second-order valence-electron chi connectivity index (χ2n) is 4.17. The Bertz CT molecular complexity index is 489. The Morgan fingerprint density at radius 3 is 3.13 bits per heavy atom. The molecular weight excluding hydrogens is 190 g/mol. The second-order valence-corrected chi connectivity index (χ2v) is 4.17. The standard InChI is InChI=1S/C12H13NO2/c1-2-15-12(14)11-6-9-4-7-3-8(7)5-10(9)13-11/h4-8,13H,2-3H2,1H3. The third-order valence-electron chi connectivity index (χ3n) is 3.04. The van der Waals surface area contributed by atoms with Crippen molar-refractivity contribution < 1.29 is 9.53 Å². The lowest BCUT2D eigenvalue weighted by molar-refractivity contribution is 0.0520. The summed E-state index contributed by atoms with van der Waals surface area (Å²) in [6, 6.07) is 1.89. The molecule has 0 spiro atoms. The monoisotopic (exact) mass is 203 g/mol. The summed E-state index contributed by atoms with van der Waals surface area (Å²) in [5.41, 5.74) is 0.565. The van der Waals surface area contributed by atoms with Gasteiger partial charge in [0.2, 0.25) is 0 Å². The quantitative estimate of drug-likeness (QED) is 0.707. The predicted octanol–water partition coefficient (Wildman–Crippen LogP) is 0.402. The molecule has 0 bridgehead atoms. The van der Waals surface area contributed by atoms with Crippen molar-refractivity contribution in [3.8, 4) is 0 Å². The average molecular weight is 203 g/mol. The van der Waals surface area contributed by atoms with Crippen molar-refractivity contribution in [3.63, 3.8) is 0 Å². The van der Waals surface area contributed by atoms with Crippen molar-refractivity contribution in [2.75, 3.05) is 6.61 Å². The van der Waals surface area contributed by atoms with Crippen LogP contribution in [-0.4, -0.2) is 17.6 Å². The molecular formula is C12H13NO2. The van der Waals surface area contributed by atoms with Crippen LogP contribution in [0.5, 0.6) is 0 Å². The van der Waals surface area contributed by atoms with Crippen molar-refractivity contribution in [2.24, 2.45) is 11.8 Å². The maximum absolute atomic E-state index is 11.5. The van der Waals surface area contributed by atoms with Crippen molar-refractivity contribution in [1.29, 1.82) is 0 Å². The van der Waals surface area contributed by atoms with E-state index in [4.69, 9.17) is 4.74 Å². The number of carbonyl (C=O) groups excluding carboxylic acids is 1. The van der Waals surface area contributed by atoms with E-state index in [0.717, 1.165) is 10.6 Å². The van der Waals surface area contributed by atoms with Gasteiger partial charge in [0.25, 0.3) is 0 Å². The molecule has 1 aromatic rings. The van der Waals surface area contributed by atoms with Crippen LogP contribution >= 0.6 is 0 Å². The number of rotatable bonds is 2. The first-order valence-electron chi connectivity index (χ1n) is 5.38. The molecule has 1 aromatic heterocycles. The fourth-order valence-corrected chi connectivity index (χ4v) is 2.14. The van der Waals surface area contributed by atoms with Crippen LogP contribution in [0.15, 0.2) is 6.07 Å². The second kappa shape index (κ2) is 2.99. The van der Waals surface area contributed by atoms with E-state index in [0.29, 0.717) is 24.1 Å². The number of fused-ring (bicyclic) bond motifs is 2. The SMILES string of the molecule is CCOC(=O)c1cc2c([nH]1)=CC1CC1C=2. The zero-order valence-electron chi connectivity index (χ0n) is 8.62. The van der Waals surface area contributed by atoms with Crippen LogP contribution in [-0.2, 0) is 4.74 Å². The van der Waals surface area contributed by atoms with E-state index in [1.54, 1.807) is 0 Å². The van der Waals surface area contributed by atoms with Gasteiger partial charge in [0.05, 0.1) is 6.61 Å². The summed E-state index contributed by atoms with van der Waals surface area (Å²) in [5, 5.41) is 2.23. The van der Waals surface area contributed by atoms with Gasteiger partial charge in [0.15, 0.2) is 0 Å². The smallest absolute Gasteiger partial charge is 0.354 e. The van der Waals surface area contributed by atoms with Gasteiger partial charge in [-0.25, -0.2) is 4.79 Å². The number of ether oxygens (including phenoxy) is 1. The van der Waals surface area contributed by atoms with Crippen LogP contribution < -0.4 is 10.6 Å². The van der Waals surface area contributed by atoms with Crippen molar-refractivity contribution in [1.82, 2.24) is 4.98 Å². The molecule has 1 heterocycles. The summed E-state index contributed by atoms with van der Waals surface area (Å²) in [4.78, 5) is 14.6. The molecule has 1 N–H and O–H groups in total. The van der Waals surface area contributed by atoms with Gasteiger partial charge in [-0.2, -0.15) is 0 Å². The highest BCUT2D eigenvalue weighted by molar-refractivity contribution is 5.87.